The number of piperazine rings is 1. The summed E-state index contributed by atoms with van der Waals surface area (Å²) in [4.78, 5) is 2.89. The van der Waals surface area contributed by atoms with Crippen molar-refractivity contribution in [3.8, 4) is 0 Å². The number of hydrogen-bond acceptors (Lipinski definition) is 2. The summed E-state index contributed by atoms with van der Waals surface area (Å²) in [7, 11) is 0. The van der Waals surface area contributed by atoms with Gasteiger partial charge in [-0.25, -0.2) is 0 Å². The predicted octanol–water partition coefficient (Wildman–Crippen LogP) is 4.44. The highest BCUT2D eigenvalue weighted by Gasteiger charge is 2.41. The smallest absolute Gasteiger partial charge is 0.0304 e. The Morgan fingerprint density at radius 1 is 1.05 bits per heavy atom. The van der Waals surface area contributed by atoms with E-state index in [9.17, 15) is 0 Å². The normalized spacial score (nSPS) is 29.7. The van der Waals surface area contributed by atoms with Crippen molar-refractivity contribution in [3.63, 3.8) is 0 Å². The molecule has 2 atom stereocenters. The van der Waals surface area contributed by atoms with Crippen LogP contribution in [0.4, 0.5) is 0 Å². The van der Waals surface area contributed by atoms with E-state index < -0.39 is 0 Å². The Labute approximate surface area is 133 Å². The lowest BCUT2D eigenvalue weighted by atomic mass is 9.80. The van der Waals surface area contributed by atoms with Gasteiger partial charge in [-0.15, -0.1) is 0 Å². The van der Waals surface area contributed by atoms with Gasteiger partial charge in [-0.2, -0.15) is 0 Å². The van der Waals surface area contributed by atoms with Crippen molar-refractivity contribution in [2.45, 2.75) is 97.2 Å². The molecule has 2 nitrogen and oxygen atoms in total. The van der Waals surface area contributed by atoms with Crippen LogP contribution in [0.3, 0.4) is 0 Å². The van der Waals surface area contributed by atoms with Crippen LogP contribution in [-0.2, 0) is 0 Å². The summed E-state index contributed by atoms with van der Waals surface area (Å²) in [5.74, 6) is 1.68. The molecular formula is C19H38N2. The molecule has 2 rings (SSSR count). The summed E-state index contributed by atoms with van der Waals surface area (Å²) >= 11 is 0. The van der Waals surface area contributed by atoms with Crippen LogP contribution in [0.25, 0.3) is 0 Å². The Morgan fingerprint density at radius 2 is 1.67 bits per heavy atom. The molecule has 0 bridgehead atoms. The van der Waals surface area contributed by atoms with Gasteiger partial charge < -0.3 is 5.32 Å². The second-order valence-corrected chi connectivity index (χ2v) is 7.99. The molecule has 124 valence electrons. The Kier molecular flexibility index (Phi) is 6.14. The Hall–Kier alpha value is -0.0800. The van der Waals surface area contributed by atoms with Crippen LogP contribution in [0.15, 0.2) is 0 Å². The number of nitrogens with zero attached hydrogens (tertiary/aromatic N) is 1. The van der Waals surface area contributed by atoms with Crippen molar-refractivity contribution in [3.05, 3.63) is 0 Å². The summed E-state index contributed by atoms with van der Waals surface area (Å²) < 4.78 is 0. The van der Waals surface area contributed by atoms with Gasteiger partial charge in [0.1, 0.15) is 0 Å². The molecule has 2 unspecified atom stereocenters. The lowest BCUT2D eigenvalue weighted by Gasteiger charge is -2.52. The zero-order valence-electron chi connectivity index (χ0n) is 15.1. The summed E-state index contributed by atoms with van der Waals surface area (Å²) in [5.41, 5.74) is 0.355. The number of hydrogen-bond donors (Lipinski definition) is 1. The first-order valence-corrected chi connectivity index (χ1v) is 9.53. The van der Waals surface area contributed by atoms with Gasteiger partial charge in [-0.05, 0) is 44.4 Å². The van der Waals surface area contributed by atoms with Crippen molar-refractivity contribution in [1.82, 2.24) is 10.2 Å². The van der Waals surface area contributed by atoms with Gasteiger partial charge in [0.25, 0.3) is 0 Å². The van der Waals surface area contributed by atoms with E-state index in [4.69, 9.17) is 0 Å². The molecule has 0 aromatic rings. The third-order valence-electron chi connectivity index (χ3n) is 6.58. The van der Waals surface area contributed by atoms with Crippen molar-refractivity contribution >= 4 is 0 Å². The molecule has 1 aliphatic heterocycles. The lowest BCUT2D eigenvalue weighted by molar-refractivity contribution is -0.00299. The molecule has 0 radical (unpaired) electrons. The van der Waals surface area contributed by atoms with Crippen molar-refractivity contribution in [2.75, 3.05) is 13.1 Å². The minimum absolute atomic E-state index is 0.355. The largest absolute Gasteiger partial charge is 0.308 e. The fraction of sp³-hybridized carbons (Fsp3) is 1.00. The molecule has 1 N–H and O–H groups in total. The highest BCUT2D eigenvalue weighted by Crippen LogP contribution is 2.34. The second-order valence-electron chi connectivity index (χ2n) is 7.99. The number of rotatable bonds is 5. The van der Waals surface area contributed by atoms with Crippen LogP contribution in [0.5, 0.6) is 0 Å². The van der Waals surface area contributed by atoms with E-state index in [1.54, 1.807) is 0 Å². The Balaban J connectivity index is 2.12. The molecular weight excluding hydrogens is 256 g/mol. The van der Waals surface area contributed by atoms with Crippen molar-refractivity contribution in [1.29, 1.82) is 0 Å². The first-order chi connectivity index (χ1) is 10.0. The van der Waals surface area contributed by atoms with E-state index >= 15 is 0 Å². The van der Waals surface area contributed by atoms with Crippen molar-refractivity contribution < 1.29 is 0 Å². The van der Waals surface area contributed by atoms with Crippen LogP contribution >= 0.6 is 0 Å². The molecule has 2 aliphatic rings. The molecule has 0 aromatic carbocycles. The number of nitrogens with one attached hydrogen (secondary N) is 1. The summed E-state index contributed by atoms with van der Waals surface area (Å²) in [6, 6.07) is 1.48. The zero-order chi connectivity index (χ0) is 15.5. The predicted molar refractivity (Wildman–Crippen MR) is 92.7 cm³/mol. The van der Waals surface area contributed by atoms with Crippen LogP contribution in [0.2, 0.25) is 0 Å². The Bertz CT molecular complexity index is 303. The molecule has 2 heteroatoms. The van der Waals surface area contributed by atoms with Gasteiger partial charge in [0.05, 0.1) is 0 Å². The average molecular weight is 295 g/mol. The first-order valence-electron chi connectivity index (χ1n) is 9.53. The monoisotopic (exact) mass is 294 g/mol. The highest BCUT2D eigenvalue weighted by molar-refractivity contribution is 5.00. The maximum absolute atomic E-state index is 3.91. The van der Waals surface area contributed by atoms with Gasteiger partial charge in [0, 0.05) is 30.7 Å². The van der Waals surface area contributed by atoms with Gasteiger partial charge >= 0.3 is 0 Å². The van der Waals surface area contributed by atoms with E-state index in [1.807, 2.05) is 0 Å². The summed E-state index contributed by atoms with van der Waals surface area (Å²) in [5, 5.41) is 3.91. The average Bonchev–Trinajstić information content (AvgIpc) is 2.54. The fourth-order valence-corrected chi connectivity index (χ4v) is 4.64. The zero-order valence-corrected chi connectivity index (χ0v) is 15.1. The molecule has 1 aliphatic carbocycles. The lowest BCUT2D eigenvalue weighted by Crippen LogP contribution is -2.67. The van der Waals surface area contributed by atoms with Gasteiger partial charge in [-0.3, -0.25) is 4.90 Å². The maximum Gasteiger partial charge on any atom is 0.0304 e. The molecule has 2 fully saturated rings. The minimum atomic E-state index is 0.355. The SMILES string of the molecule is CCC1(CC)CN(C(C)C2CCCCC2)C(C(C)C)CN1. The van der Waals surface area contributed by atoms with Gasteiger partial charge in [0.15, 0.2) is 0 Å². The van der Waals surface area contributed by atoms with Crippen LogP contribution < -0.4 is 5.32 Å². The van der Waals surface area contributed by atoms with Crippen LogP contribution in [0, 0.1) is 11.8 Å². The molecule has 1 saturated heterocycles. The quantitative estimate of drug-likeness (QED) is 0.806. The van der Waals surface area contributed by atoms with Crippen molar-refractivity contribution in [2.24, 2.45) is 11.8 Å². The standard InChI is InChI=1S/C19H38N2/c1-6-19(7-2)14-21(18(13-20-19)15(3)4)16(5)17-11-9-8-10-12-17/h15-18,20H,6-14H2,1-5H3. The molecule has 1 heterocycles. The first kappa shape index (κ1) is 17.3. The highest BCUT2D eigenvalue weighted by atomic mass is 15.3. The third kappa shape index (κ3) is 3.82. The third-order valence-corrected chi connectivity index (χ3v) is 6.58. The summed E-state index contributed by atoms with van der Waals surface area (Å²) in [6.45, 7) is 14.5. The van der Waals surface area contributed by atoms with E-state index in [0.717, 1.165) is 17.9 Å². The summed E-state index contributed by atoms with van der Waals surface area (Å²) in [6.07, 6.45) is 9.80. The molecule has 0 spiro atoms. The minimum Gasteiger partial charge on any atom is -0.308 e. The van der Waals surface area contributed by atoms with E-state index in [1.165, 1.54) is 58.0 Å². The fourth-order valence-electron chi connectivity index (χ4n) is 4.64. The van der Waals surface area contributed by atoms with E-state index in [2.05, 4.69) is 44.8 Å². The topological polar surface area (TPSA) is 15.3 Å². The maximum atomic E-state index is 3.91. The van der Waals surface area contributed by atoms with Crippen LogP contribution in [-0.4, -0.2) is 35.6 Å². The van der Waals surface area contributed by atoms with E-state index in [-0.39, 0.29) is 0 Å². The second kappa shape index (κ2) is 7.46. The molecule has 0 amide bonds. The van der Waals surface area contributed by atoms with E-state index in [0.29, 0.717) is 11.6 Å². The Morgan fingerprint density at radius 3 is 2.19 bits per heavy atom. The van der Waals surface area contributed by atoms with Crippen LogP contribution in [0.1, 0.15) is 79.6 Å². The van der Waals surface area contributed by atoms with Gasteiger partial charge in [0.2, 0.25) is 0 Å². The molecule has 21 heavy (non-hydrogen) atoms. The molecule has 0 aromatic heterocycles. The van der Waals surface area contributed by atoms with Gasteiger partial charge in [-0.1, -0.05) is 47.0 Å². The molecule has 1 saturated carbocycles.